The minimum Gasteiger partial charge on any atom is -0.274 e. The van der Waals surface area contributed by atoms with Gasteiger partial charge in [0.25, 0.3) is 5.91 Å². The van der Waals surface area contributed by atoms with Gasteiger partial charge in [0.2, 0.25) is 0 Å². The molecule has 0 atom stereocenters. The summed E-state index contributed by atoms with van der Waals surface area (Å²) in [5.74, 6) is -0.201. The Bertz CT molecular complexity index is 352. The van der Waals surface area contributed by atoms with E-state index in [0.29, 0.717) is 10.6 Å². The standard InChI is InChI=1S/C10H12ClNO2/c1-7-8(5-4-6-9(7)11)10(13)12(2)14-3/h4-6H,1-3H3. The SMILES string of the molecule is CON(C)C(=O)c1cccc(Cl)c1C. The number of hydrogen-bond acceptors (Lipinski definition) is 2. The third-order valence-electron chi connectivity index (χ3n) is 2.06. The third kappa shape index (κ3) is 2.05. The van der Waals surface area contributed by atoms with Gasteiger partial charge in [-0.2, -0.15) is 0 Å². The summed E-state index contributed by atoms with van der Waals surface area (Å²) < 4.78 is 0. The molecule has 0 saturated carbocycles. The van der Waals surface area contributed by atoms with Gasteiger partial charge in [0.15, 0.2) is 0 Å². The van der Waals surface area contributed by atoms with E-state index in [2.05, 4.69) is 0 Å². The molecule has 1 amide bonds. The van der Waals surface area contributed by atoms with E-state index in [1.54, 1.807) is 32.2 Å². The van der Waals surface area contributed by atoms with Crippen molar-refractivity contribution >= 4 is 17.5 Å². The quantitative estimate of drug-likeness (QED) is 0.706. The Hall–Kier alpha value is -1.06. The maximum absolute atomic E-state index is 11.7. The number of carbonyl (C=O) groups excluding carboxylic acids is 1. The van der Waals surface area contributed by atoms with E-state index in [1.807, 2.05) is 0 Å². The normalized spacial score (nSPS) is 10.0. The maximum Gasteiger partial charge on any atom is 0.277 e. The fourth-order valence-electron chi connectivity index (χ4n) is 1.09. The Morgan fingerprint density at radius 1 is 1.50 bits per heavy atom. The molecule has 4 heteroatoms. The highest BCUT2D eigenvalue weighted by atomic mass is 35.5. The summed E-state index contributed by atoms with van der Waals surface area (Å²) in [5.41, 5.74) is 1.32. The smallest absolute Gasteiger partial charge is 0.274 e. The fraction of sp³-hybridized carbons (Fsp3) is 0.300. The Balaban J connectivity index is 3.07. The average molecular weight is 214 g/mol. The Morgan fingerprint density at radius 3 is 2.71 bits per heavy atom. The van der Waals surface area contributed by atoms with Crippen LogP contribution in [0.4, 0.5) is 0 Å². The summed E-state index contributed by atoms with van der Waals surface area (Å²) in [6.07, 6.45) is 0. The second-order valence-electron chi connectivity index (χ2n) is 2.90. The first-order valence-corrected chi connectivity index (χ1v) is 4.53. The molecule has 0 aliphatic heterocycles. The number of halogens is 1. The van der Waals surface area contributed by atoms with Crippen molar-refractivity contribution in [2.45, 2.75) is 6.92 Å². The summed E-state index contributed by atoms with van der Waals surface area (Å²) in [7, 11) is 3.00. The molecule has 0 unspecified atom stereocenters. The molecule has 1 aromatic rings. The Morgan fingerprint density at radius 2 is 2.14 bits per heavy atom. The second kappa shape index (κ2) is 4.44. The molecule has 0 saturated heterocycles. The largest absolute Gasteiger partial charge is 0.277 e. The molecule has 3 nitrogen and oxygen atoms in total. The van der Waals surface area contributed by atoms with Crippen LogP contribution in [0.2, 0.25) is 5.02 Å². The average Bonchev–Trinajstić information content (AvgIpc) is 2.20. The number of carbonyl (C=O) groups is 1. The van der Waals surface area contributed by atoms with E-state index in [9.17, 15) is 4.79 Å². The van der Waals surface area contributed by atoms with Crippen LogP contribution in [0.15, 0.2) is 18.2 Å². The van der Waals surface area contributed by atoms with Gasteiger partial charge < -0.3 is 0 Å². The van der Waals surface area contributed by atoms with Gasteiger partial charge in [-0.25, -0.2) is 5.06 Å². The molecule has 14 heavy (non-hydrogen) atoms. The molecule has 0 aliphatic carbocycles. The first-order chi connectivity index (χ1) is 6.57. The third-order valence-corrected chi connectivity index (χ3v) is 2.47. The molecular weight excluding hydrogens is 202 g/mol. The van der Waals surface area contributed by atoms with E-state index in [-0.39, 0.29) is 5.91 Å². The van der Waals surface area contributed by atoms with Crippen molar-refractivity contribution in [3.63, 3.8) is 0 Å². The Kier molecular flexibility index (Phi) is 3.49. The van der Waals surface area contributed by atoms with Crippen LogP contribution >= 0.6 is 11.6 Å². The molecule has 0 aliphatic rings. The van der Waals surface area contributed by atoms with Crippen LogP contribution in [-0.4, -0.2) is 25.1 Å². The van der Waals surface area contributed by atoms with Crippen molar-refractivity contribution in [3.05, 3.63) is 34.3 Å². The predicted molar refractivity (Wildman–Crippen MR) is 55.3 cm³/mol. The van der Waals surface area contributed by atoms with E-state index in [4.69, 9.17) is 16.4 Å². The monoisotopic (exact) mass is 213 g/mol. The molecule has 0 radical (unpaired) electrons. The zero-order chi connectivity index (χ0) is 10.7. The van der Waals surface area contributed by atoms with Crippen molar-refractivity contribution in [2.75, 3.05) is 14.2 Å². The van der Waals surface area contributed by atoms with Gasteiger partial charge in [0, 0.05) is 17.6 Å². The van der Waals surface area contributed by atoms with Crippen molar-refractivity contribution in [2.24, 2.45) is 0 Å². The molecule has 1 rings (SSSR count). The van der Waals surface area contributed by atoms with Gasteiger partial charge in [0.05, 0.1) is 7.11 Å². The van der Waals surface area contributed by atoms with E-state index < -0.39 is 0 Å². The second-order valence-corrected chi connectivity index (χ2v) is 3.30. The van der Waals surface area contributed by atoms with Gasteiger partial charge in [-0.3, -0.25) is 9.63 Å². The lowest BCUT2D eigenvalue weighted by atomic mass is 10.1. The number of hydrogen-bond donors (Lipinski definition) is 0. The van der Waals surface area contributed by atoms with E-state index in [1.165, 1.54) is 12.2 Å². The molecule has 0 spiro atoms. The van der Waals surface area contributed by atoms with Crippen molar-refractivity contribution < 1.29 is 9.63 Å². The number of rotatable bonds is 2. The molecule has 0 heterocycles. The zero-order valence-electron chi connectivity index (χ0n) is 8.37. The topological polar surface area (TPSA) is 29.5 Å². The highest BCUT2D eigenvalue weighted by Gasteiger charge is 2.14. The summed E-state index contributed by atoms with van der Waals surface area (Å²) in [6.45, 7) is 1.80. The summed E-state index contributed by atoms with van der Waals surface area (Å²) in [4.78, 5) is 16.5. The first-order valence-electron chi connectivity index (χ1n) is 4.15. The van der Waals surface area contributed by atoms with Crippen LogP contribution in [0.25, 0.3) is 0 Å². The molecule has 1 aromatic carbocycles. The lowest BCUT2D eigenvalue weighted by molar-refractivity contribution is -0.0757. The molecule has 0 fully saturated rings. The Labute approximate surface area is 88.2 Å². The lowest BCUT2D eigenvalue weighted by Gasteiger charge is -2.15. The zero-order valence-corrected chi connectivity index (χ0v) is 9.13. The van der Waals surface area contributed by atoms with Crippen LogP contribution in [0, 0.1) is 6.92 Å². The number of benzene rings is 1. The van der Waals surface area contributed by atoms with Crippen molar-refractivity contribution in [1.82, 2.24) is 5.06 Å². The number of nitrogens with zero attached hydrogens (tertiary/aromatic N) is 1. The number of hydroxylamine groups is 2. The van der Waals surface area contributed by atoms with Crippen LogP contribution in [0.1, 0.15) is 15.9 Å². The van der Waals surface area contributed by atoms with Crippen LogP contribution in [-0.2, 0) is 4.84 Å². The highest BCUT2D eigenvalue weighted by Crippen LogP contribution is 2.19. The first kappa shape index (κ1) is 11.0. The van der Waals surface area contributed by atoms with Gasteiger partial charge in [-0.05, 0) is 24.6 Å². The van der Waals surface area contributed by atoms with Gasteiger partial charge >= 0.3 is 0 Å². The minimum absolute atomic E-state index is 0.201. The highest BCUT2D eigenvalue weighted by molar-refractivity contribution is 6.31. The van der Waals surface area contributed by atoms with E-state index >= 15 is 0 Å². The van der Waals surface area contributed by atoms with Crippen molar-refractivity contribution in [1.29, 1.82) is 0 Å². The van der Waals surface area contributed by atoms with Crippen LogP contribution < -0.4 is 0 Å². The number of amides is 1. The van der Waals surface area contributed by atoms with Crippen molar-refractivity contribution in [3.8, 4) is 0 Å². The summed E-state index contributed by atoms with van der Waals surface area (Å²) >= 11 is 5.89. The summed E-state index contributed by atoms with van der Waals surface area (Å²) in [5, 5.41) is 1.75. The molecule has 0 N–H and O–H groups in total. The fourth-order valence-corrected chi connectivity index (χ4v) is 1.27. The maximum atomic E-state index is 11.7. The molecule has 76 valence electrons. The van der Waals surface area contributed by atoms with Gasteiger partial charge in [0.1, 0.15) is 0 Å². The van der Waals surface area contributed by atoms with E-state index in [0.717, 1.165) is 5.56 Å². The summed E-state index contributed by atoms with van der Waals surface area (Å²) in [6, 6.07) is 5.21. The van der Waals surface area contributed by atoms with Crippen LogP contribution in [0.3, 0.4) is 0 Å². The lowest BCUT2D eigenvalue weighted by Crippen LogP contribution is -2.26. The molecule has 0 bridgehead atoms. The van der Waals surface area contributed by atoms with Gasteiger partial charge in [-0.1, -0.05) is 17.7 Å². The predicted octanol–water partition coefficient (Wildman–Crippen LogP) is 2.28. The molecular formula is C10H12ClNO2. The molecule has 0 aromatic heterocycles. The minimum atomic E-state index is -0.201. The van der Waals surface area contributed by atoms with Gasteiger partial charge in [-0.15, -0.1) is 0 Å². The van der Waals surface area contributed by atoms with Crippen LogP contribution in [0.5, 0.6) is 0 Å².